The van der Waals surface area contributed by atoms with Gasteiger partial charge >= 0.3 is 0 Å². The van der Waals surface area contributed by atoms with Crippen LogP contribution in [-0.2, 0) is 5.41 Å². The standard InChI is InChI=1S/C51H34N2/c1-51(2)42-25-13-10-22-38(42)47-48(51)50-46(40-24-12-14-26-43(40)52(50)31-16-4-3-5-17-31)45-39-23-11-15-27-44(39)53(49(45)47)32-28-29-37-35-20-7-6-18-33(35)34-19-8-9-21-36(34)41(37)30-32/h3-30H,1-2H3. The molecule has 1 aliphatic rings. The molecule has 1 aliphatic carbocycles. The fraction of sp³-hybridized carbons (Fsp3) is 0.0588. The highest BCUT2D eigenvalue weighted by Gasteiger charge is 2.41. The first-order valence-electron chi connectivity index (χ1n) is 18.6. The van der Waals surface area contributed by atoms with Crippen molar-refractivity contribution in [2.45, 2.75) is 19.3 Å². The van der Waals surface area contributed by atoms with E-state index in [-0.39, 0.29) is 5.41 Å². The molecule has 11 aromatic rings. The molecule has 0 atom stereocenters. The number of nitrogens with zero attached hydrogens (tertiary/aromatic N) is 2. The number of rotatable bonds is 2. The molecule has 0 saturated heterocycles. The highest BCUT2D eigenvalue weighted by Crippen LogP contribution is 2.58. The molecule has 2 nitrogen and oxygen atoms in total. The molecule has 248 valence electrons. The lowest BCUT2D eigenvalue weighted by molar-refractivity contribution is 0.664. The van der Waals surface area contributed by atoms with Crippen molar-refractivity contribution in [2.24, 2.45) is 0 Å². The molecule has 9 aromatic carbocycles. The SMILES string of the molecule is CC1(C)c2ccccc2-c2c1c1c(c3ccccc3n1-c1ccccc1)c1c3ccccc3n(-c3ccc4c5ccccc5c5ccccc5c4c3)c21. The van der Waals surface area contributed by atoms with Crippen LogP contribution in [0.3, 0.4) is 0 Å². The Morgan fingerprint density at radius 2 is 0.849 bits per heavy atom. The van der Waals surface area contributed by atoms with Crippen LogP contribution in [0.25, 0.3) is 98.4 Å². The van der Waals surface area contributed by atoms with E-state index in [2.05, 4.69) is 193 Å². The topological polar surface area (TPSA) is 9.86 Å². The van der Waals surface area contributed by atoms with Gasteiger partial charge in [0.1, 0.15) is 0 Å². The van der Waals surface area contributed by atoms with Gasteiger partial charge in [-0.1, -0.05) is 147 Å². The number of benzene rings is 9. The minimum absolute atomic E-state index is 0.237. The van der Waals surface area contributed by atoms with Crippen molar-refractivity contribution in [3.05, 3.63) is 181 Å². The zero-order valence-corrected chi connectivity index (χ0v) is 29.6. The summed E-state index contributed by atoms with van der Waals surface area (Å²) in [5.74, 6) is 0. The monoisotopic (exact) mass is 674 g/mol. The molecule has 53 heavy (non-hydrogen) atoms. The average Bonchev–Trinajstić information content (AvgIpc) is 3.81. The smallest absolute Gasteiger partial charge is 0.0630 e. The summed E-state index contributed by atoms with van der Waals surface area (Å²) in [6.07, 6.45) is 0. The van der Waals surface area contributed by atoms with Gasteiger partial charge in [-0.3, -0.25) is 0 Å². The van der Waals surface area contributed by atoms with Crippen molar-refractivity contribution in [1.82, 2.24) is 9.13 Å². The van der Waals surface area contributed by atoms with Crippen molar-refractivity contribution in [3.63, 3.8) is 0 Å². The van der Waals surface area contributed by atoms with Crippen LogP contribution in [-0.4, -0.2) is 9.13 Å². The molecule has 0 radical (unpaired) electrons. The molecule has 0 amide bonds. The lowest BCUT2D eigenvalue weighted by Crippen LogP contribution is -2.16. The van der Waals surface area contributed by atoms with E-state index < -0.39 is 0 Å². The second-order valence-corrected chi connectivity index (χ2v) is 15.2. The van der Waals surface area contributed by atoms with Gasteiger partial charge in [0.25, 0.3) is 0 Å². The van der Waals surface area contributed by atoms with Gasteiger partial charge in [0.2, 0.25) is 0 Å². The van der Waals surface area contributed by atoms with Gasteiger partial charge < -0.3 is 9.13 Å². The quantitative estimate of drug-likeness (QED) is 0.162. The third-order valence-corrected chi connectivity index (χ3v) is 12.2. The zero-order chi connectivity index (χ0) is 35.0. The summed E-state index contributed by atoms with van der Waals surface area (Å²) in [7, 11) is 0. The Bertz CT molecular complexity index is 3320. The number of para-hydroxylation sites is 3. The van der Waals surface area contributed by atoms with Crippen molar-refractivity contribution in [3.8, 4) is 22.5 Å². The number of hydrogen-bond acceptors (Lipinski definition) is 0. The summed E-state index contributed by atoms with van der Waals surface area (Å²) in [5, 5.41) is 12.9. The first-order chi connectivity index (χ1) is 26.1. The van der Waals surface area contributed by atoms with Crippen LogP contribution in [0.2, 0.25) is 0 Å². The van der Waals surface area contributed by atoms with E-state index in [4.69, 9.17) is 0 Å². The van der Waals surface area contributed by atoms with E-state index in [0.29, 0.717) is 0 Å². The Morgan fingerprint density at radius 1 is 0.377 bits per heavy atom. The molecule has 0 aliphatic heterocycles. The Balaban J connectivity index is 1.34. The van der Waals surface area contributed by atoms with Crippen LogP contribution in [0.15, 0.2) is 170 Å². The van der Waals surface area contributed by atoms with E-state index in [9.17, 15) is 0 Å². The van der Waals surface area contributed by atoms with Crippen molar-refractivity contribution >= 4 is 75.9 Å². The third kappa shape index (κ3) is 3.63. The summed E-state index contributed by atoms with van der Waals surface area (Å²) in [6, 6.07) is 63.1. The van der Waals surface area contributed by atoms with Gasteiger partial charge in [0.05, 0.1) is 22.1 Å². The maximum Gasteiger partial charge on any atom is 0.0630 e. The number of fused-ring (bicyclic) bond motifs is 18. The van der Waals surface area contributed by atoms with Gasteiger partial charge in [0.15, 0.2) is 0 Å². The molecule has 2 aromatic heterocycles. The van der Waals surface area contributed by atoms with E-state index >= 15 is 0 Å². The average molecular weight is 675 g/mol. The van der Waals surface area contributed by atoms with Crippen molar-refractivity contribution < 1.29 is 0 Å². The molecule has 0 unspecified atom stereocenters. The predicted molar refractivity (Wildman–Crippen MR) is 225 cm³/mol. The predicted octanol–water partition coefficient (Wildman–Crippen LogP) is 13.6. The minimum atomic E-state index is -0.237. The fourth-order valence-corrected chi connectivity index (χ4v) is 10.1. The van der Waals surface area contributed by atoms with E-state index in [1.807, 2.05) is 0 Å². The van der Waals surface area contributed by atoms with Crippen LogP contribution in [0.1, 0.15) is 25.0 Å². The maximum atomic E-state index is 2.58. The van der Waals surface area contributed by atoms with Crippen LogP contribution in [0.4, 0.5) is 0 Å². The summed E-state index contributed by atoms with van der Waals surface area (Å²) >= 11 is 0. The fourth-order valence-electron chi connectivity index (χ4n) is 10.1. The van der Waals surface area contributed by atoms with Gasteiger partial charge in [-0.2, -0.15) is 0 Å². The molecule has 2 heterocycles. The Morgan fingerprint density at radius 3 is 1.49 bits per heavy atom. The molecular weight excluding hydrogens is 641 g/mol. The first kappa shape index (κ1) is 29.0. The first-order valence-corrected chi connectivity index (χ1v) is 18.6. The molecule has 2 heteroatoms. The second kappa shape index (κ2) is 10.2. The van der Waals surface area contributed by atoms with Gasteiger partial charge in [-0.25, -0.2) is 0 Å². The van der Waals surface area contributed by atoms with E-state index in [0.717, 1.165) is 0 Å². The molecule has 0 saturated carbocycles. The molecule has 0 bridgehead atoms. The molecular formula is C51H34N2. The largest absolute Gasteiger partial charge is 0.309 e. The minimum Gasteiger partial charge on any atom is -0.309 e. The maximum absolute atomic E-state index is 2.58. The summed E-state index contributed by atoms with van der Waals surface area (Å²) in [5.41, 5.74) is 12.6. The molecule has 12 rings (SSSR count). The van der Waals surface area contributed by atoms with Gasteiger partial charge in [-0.05, 0) is 85.4 Å². The number of aromatic nitrogens is 2. The highest BCUT2D eigenvalue weighted by molar-refractivity contribution is 6.33. The third-order valence-electron chi connectivity index (χ3n) is 12.2. The Hall–Kier alpha value is -6.64. The van der Waals surface area contributed by atoms with E-state index in [1.165, 1.54) is 110 Å². The normalized spacial score (nSPS) is 13.6. The Kier molecular flexibility index (Phi) is 5.60. The van der Waals surface area contributed by atoms with Crippen LogP contribution in [0, 0.1) is 0 Å². The lowest BCUT2D eigenvalue weighted by atomic mass is 9.81. The van der Waals surface area contributed by atoms with Gasteiger partial charge in [0, 0.05) is 43.9 Å². The zero-order valence-electron chi connectivity index (χ0n) is 29.6. The lowest BCUT2D eigenvalue weighted by Gasteiger charge is -2.24. The molecule has 0 spiro atoms. The number of hydrogen-bond donors (Lipinski definition) is 0. The van der Waals surface area contributed by atoms with Crippen LogP contribution < -0.4 is 0 Å². The summed E-state index contributed by atoms with van der Waals surface area (Å²) < 4.78 is 5.12. The molecule has 0 fully saturated rings. The van der Waals surface area contributed by atoms with Crippen molar-refractivity contribution in [1.29, 1.82) is 0 Å². The van der Waals surface area contributed by atoms with Crippen molar-refractivity contribution in [2.75, 3.05) is 0 Å². The molecule has 0 N–H and O–H groups in total. The summed E-state index contributed by atoms with van der Waals surface area (Å²) in [4.78, 5) is 0. The second-order valence-electron chi connectivity index (χ2n) is 15.2. The highest BCUT2D eigenvalue weighted by atomic mass is 15.0. The van der Waals surface area contributed by atoms with Gasteiger partial charge in [-0.15, -0.1) is 0 Å². The van der Waals surface area contributed by atoms with Crippen LogP contribution in [0.5, 0.6) is 0 Å². The Labute approximate surface area is 306 Å². The summed E-state index contributed by atoms with van der Waals surface area (Å²) in [6.45, 7) is 4.85. The van der Waals surface area contributed by atoms with E-state index in [1.54, 1.807) is 0 Å². The van der Waals surface area contributed by atoms with Crippen LogP contribution >= 0.6 is 0 Å².